The molecule has 2 atom stereocenters. The minimum Gasteiger partial charge on any atom is -0.497 e. The lowest BCUT2D eigenvalue weighted by Crippen LogP contribution is -2.63. The quantitative estimate of drug-likeness (QED) is 0.719. The maximum Gasteiger partial charge on any atom is 0.332 e. The average molecular weight is 458 g/mol. The van der Waals surface area contributed by atoms with Crippen molar-refractivity contribution < 1.29 is 19.1 Å². The summed E-state index contributed by atoms with van der Waals surface area (Å²) in [5.74, 6) is 0.0607. The number of benzene rings is 2. The van der Waals surface area contributed by atoms with Crippen LogP contribution in [0.5, 0.6) is 5.75 Å². The fourth-order valence-corrected chi connectivity index (χ4v) is 4.79. The molecular formula is C22H20ClN3O4S. The summed E-state index contributed by atoms with van der Waals surface area (Å²) in [6, 6.07) is 12.9. The van der Waals surface area contributed by atoms with E-state index in [4.69, 9.17) is 16.3 Å². The Morgan fingerprint density at radius 1 is 1.19 bits per heavy atom. The second-order valence-corrected chi connectivity index (χ2v) is 8.56. The van der Waals surface area contributed by atoms with Crippen molar-refractivity contribution in [3.8, 4) is 5.75 Å². The van der Waals surface area contributed by atoms with E-state index in [0.29, 0.717) is 23.0 Å². The highest BCUT2D eigenvalue weighted by molar-refractivity contribution is 8.03. The summed E-state index contributed by atoms with van der Waals surface area (Å²) in [6.45, 7) is 0.132. The van der Waals surface area contributed by atoms with E-state index in [1.54, 1.807) is 42.9 Å². The first kappa shape index (κ1) is 21.3. The van der Waals surface area contributed by atoms with Gasteiger partial charge in [-0.05, 0) is 41.3 Å². The Labute approximate surface area is 189 Å². The normalized spacial score (nSPS) is 20.1. The second kappa shape index (κ2) is 9.03. The molecule has 31 heavy (non-hydrogen) atoms. The number of halogens is 1. The third-order valence-corrected chi connectivity index (χ3v) is 6.40. The monoisotopic (exact) mass is 457 g/mol. The number of urea groups is 1. The second-order valence-electron chi connectivity index (χ2n) is 7.07. The number of hydrogen-bond donors (Lipinski definition) is 1. The Morgan fingerprint density at radius 2 is 2.00 bits per heavy atom. The number of nitrogens with zero attached hydrogens (tertiary/aromatic N) is 2. The van der Waals surface area contributed by atoms with Gasteiger partial charge in [-0.15, -0.1) is 11.8 Å². The number of methoxy groups -OCH3 is 1. The molecular weight excluding hydrogens is 438 g/mol. The summed E-state index contributed by atoms with van der Waals surface area (Å²) in [5, 5.41) is 4.54. The van der Waals surface area contributed by atoms with Crippen LogP contribution in [0.15, 0.2) is 60.0 Å². The summed E-state index contributed by atoms with van der Waals surface area (Å²) in [7, 11) is 1.58. The van der Waals surface area contributed by atoms with Gasteiger partial charge in [-0.1, -0.05) is 35.9 Å². The Hall–Kier alpha value is -2.97. The number of carbonyl (C=O) groups excluding carboxylic acids is 3. The van der Waals surface area contributed by atoms with E-state index >= 15 is 0 Å². The Balaban J connectivity index is 1.50. The molecule has 0 spiro atoms. The number of rotatable bonds is 6. The third kappa shape index (κ3) is 4.40. The molecule has 0 aliphatic carbocycles. The number of carbonyl (C=O) groups is 3. The van der Waals surface area contributed by atoms with Crippen LogP contribution < -0.4 is 15.0 Å². The highest BCUT2D eigenvalue weighted by Crippen LogP contribution is 2.36. The molecule has 0 bridgehead atoms. The number of imide groups is 1. The minimum absolute atomic E-state index is 0.167. The van der Waals surface area contributed by atoms with Crippen molar-refractivity contribution in [2.75, 3.05) is 18.6 Å². The van der Waals surface area contributed by atoms with Crippen LogP contribution in [0.3, 0.4) is 0 Å². The number of amides is 4. The molecule has 1 N–H and O–H groups in total. The zero-order chi connectivity index (χ0) is 22.0. The Kier molecular flexibility index (Phi) is 6.20. The molecule has 9 heteroatoms. The summed E-state index contributed by atoms with van der Waals surface area (Å²) < 4.78 is 5.19. The lowest BCUT2D eigenvalue weighted by atomic mass is 10.1. The van der Waals surface area contributed by atoms with Crippen molar-refractivity contribution in [3.05, 3.63) is 70.6 Å². The van der Waals surface area contributed by atoms with Crippen LogP contribution in [0.2, 0.25) is 5.02 Å². The average Bonchev–Trinajstić information content (AvgIpc) is 3.26. The molecule has 0 radical (unpaired) electrons. The number of hydrogen-bond acceptors (Lipinski definition) is 5. The lowest BCUT2D eigenvalue weighted by Gasteiger charge is -2.40. The van der Waals surface area contributed by atoms with Crippen LogP contribution in [-0.2, 0) is 16.1 Å². The van der Waals surface area contributed by atoms with Gasteiger partial charge >= 0.3 is 6.03 Å². The smallest absolute Gasteiger partial charge is 0.332 e. The number of anilines is 1. The summed E-state index contributed by atoms with van der Waals surface area (Å²) in [6.07, 6.45) is 1.79. The molecule has 4 rings (SSSR count). The van der Waals surface area contributed by atoms with Gasteiger partial charge in [-0.3, -0.25) is 9.59 Å². The number of nitrogens with one attached hydrogen (secondary N) is 1. The first-order valence-corrected chi connectivity index (χ1v) is 10.9. The van der Waals surface area contributed by atoms with Crippen LogP contribution in [0.1, 0.15) is 5.56 Å². The Morgan fingerprint density at radius 3 is 2.77 bits per heavy atom. The zero-order valence-electron chi connectivity index (χ0n) is 16.7. The van der Waals surface area contributed by atoms with Gasteiger partial charge in [0.05, 0.1) is 18.8 Å². The lowest BCUT2D eigenvalue weighted by molar-refractivity contribution is -0.124. The predicted molar refractivity (Wildman–Crippen MR) is 120 cm³/mol. The van der Waals surface area contributed by atoms with Crippen molar-refractivity contribution in [1.29, 1.82) is 0 Å². The van der Waals surface area contributed by atoms with Gasteiger partial charge in [0, 0.05) is 11.6 Å². The SMILES string of the molecule is COc1cccc(CNC(=O)CN2C(=O)N(c3cccc(Cl)c3)C(=O)C3SC=CC32)c1. The van der Waals surface area contributed by atoms with Crippen LogP contribution in [0, 0.1) is 0 Å². The highest BCUT2D eigenvalue weighted by atomic mass is 35.5. The van der Waals surface area contributed by atoms with Gasteiger partial charge in [-0.2, -0.15) is 0 Å². The van der Waals surface area contributed by atoms with Crippen LogP contribution in [0.25, 0.3) is 0 Å². The first-order chi connectivity index (χ1) is 15.0. The summed E-state index contributed by atoms with van der Waals surface area (Å²) in [4.78, 5) is 41.4. The molecule has 2 aromatic carbocycles. The van der Waals surface area contributed by atoms with E-state index in [0.717, 1.165) is 10.5 Å². The van der Waals surface area contributed by atoms with E-state index < -0.39 is 17.3 Å². The van der Waals surface area contributed by atoms with E-state index in [1.165, 1.54) is 16.7 Å². The molecule has 2 aliphatic rings. The highest BCUT2D eigenvalue weighted by Gasteiger charge is 2.48. The van der Waals surface area contributed by atoms with Crippen molar-refractivity contribution in [2.45, 2.75) is 17.8 Å². The van der Waals surface area contributed by atoms with Gasteiger partial charge in [0.15, 0.2) is 0 Å². The molecule has 7 nitrogen and oxygen atoms in total. The molecule has 2 unspecified atom stereocenters. The fourth-order valence-electron chi connectivity index (χ4n) is 3.56. The van der Waals surface area contributed by atoms with E-state index in [9.17, 15) is 14.4 Å². The standard InChI is InChI=1S/C22H20ClN3O4S/c1-30-17-7-2-4-14(10-17)12-24-19(27)13-25-18-8-9-31-20(18)21(28)26(22(25)29)16-6-3-5-15(23)11-16/h2-11,18,20H,12-13H2,1H3,(H,24,27). The van der Waals surface area contributed by atoms with Gasteiger partial charge in [0.25, 0.3) is 5.91 Å². The van der Waals surface area contributed by atoms with Gasteiger partial charge < -0.3 is 15.0 Å². The van der Waals surface area contributed by atoms with Gasteiger partial charge in [-0.25, -0.2) is 9.69 Å². The minimum atomic E-state index is -0.544. The van der Waals surface area contributed by atoms with Crippen molar-refractivity contribution in [2.24, 2.45) is 0 Å². The van der Waals surface area contributed by atoms with Gasteiger partial charge in [0.1, 0.15) is 17.5 Å². The van der Waals surface area contributed by atoms with E-state index in [2.05, 4.69) is 5.32 Å². The summed E-state index contributed by atoms with van der Waals surface area (Å²) >= 11 is 7.40. The Bertz CT molecular complexity index is 1060. The maximum atomic E-state index is 13.2. The third-order valence-electron chi connectivity index (χ3n) is 5.08. The maximum absolute atomic E-state index is 13.2. The molecule has 4 amide bonds. The van der Waals surface area contributed by atoms with E-state index in [-0.39, 0.29) is 18.4 Å². The number of ether oxygens (including phenoxy) is 1. The summed E-state index contributed by atoms with van der Waals surface area (Å²) in [5.41, 5.74) is 1.26. The molecule has 0 saturated carbocycles. The van der Waals surface area contributed by atoms with Crippen molar-refractivity contribution in [3.63, 3.8) is 0 Å². The van der Waals surface area contributed by atoms with Crippen molar-refractivity contribution in [1.82, 2.24) is 10.2 Å². The molecule has 2 heterocycles. The largest absolute Gasteiger partial charge is 0.497 e. The fraction of sp³-hybridized carbons (Fsp3) is 0.227. The molecule has 160 valence electrons. The van der Waals surface area contributed by atoms with Gasteiger partial charge in [0.2, 0.25) is 5.91 Å². The molecule has 2 aliphatic heterocycles. The first-order valence-electron chi connectivity index (χ1n) is 9.60. The topological polar surface area (TPSA) is 79.0 Å². The number of thioether (sulfide) groups is 1. The van der Waals surface area contributed by atoms with Crippen LogP contribution in [0.4, 0.5) is 10.5 Å². The molecule has 2 aromatic rings. The molecule has 0 aromatic heterocycles. The van der Waals surface area contributed by atoms with Crippen LogP contribution >= 0.6 is 23.4 Å². The molecule has 1 fully saturated rings. The van der Waals surface area contributed by atoms with Crippen molar-refractivity contribution >= 4 is 46.9 Å². The zero-order valence-corrected chi connectivity index (χ0v) is 18.2. The predicted octanol–water partition coefficient (Wildman–Crippen LogP) is 3.43. The molecule has 1 saturated heterocycles. The van der Waals surface area contributed by atoms with E-state index in [1.807, 2.05) is 24.3 Å². The van der Waals surface area contributed by atoms with Crippen LogP contribution in [-0.4, -0.2) is 47.7 Å². The number of fused-ring (bicyclic) bond motifs is 1.